The Bertz CT molecular complexity index is 1730. The fraction of sp³-hybridized carbons (Fsp3) is 0.500. The Hall–Kier alpha value is -3.63. The SMILES string of the molecule is Nc1ncc2ncn([C@@H]3O[C@H](COP(=O)(O)O[C@@H]4[C@H](O)[C@@H](CO)O[C@H]4n4cnc5c(=O)[nH]c(N)nc54)[C@@H](O)[C@H]3O)c2n1. The molecule has 9 atom stereocenters. The lowest BCUT2D eigenvalue weighted by Gasteiger charge is -2.24. The molecule has 10 N–H and O–H groups in total. The van der Waals surface area contributed by atoms with Crippen LogP contribution in [-0.4, -0.2) is 114 Å². The van der Waals surface area contributed by atoms with Gasteiger partial charge in [-0.3, -0.25) is 28.0 Å². The number of nitrogen functional groups attached to an aromatic ring is 2. The molecule has 2 aliphatic heterocycles. The van der Waals surface area contributed by atoms with Gasteiger partial charge in [0.2, 0.25) is 11.9 Å². The molecule has 2 saturated heterocycles. The molecule has 0 aromatic carbocycles. The molecule has 1 unspecified atom stereocenters. The highest BCUT2D eigenvalue weighted by molar-refractivity contribution is 7.47. The number of nitrogens with one attached hydrogen (secondary N) is 1. The average Bonchev–Trinajstić information content (AvgIpc) is 3.69. The largest absolute Gasteiger partial charge is 0.472 e. The van der Waals surface area contributed by atoms with Crippen LogP contribution in [0.1, 0.15) is 12.5 Å². The molecule has 0 spiro atoms. The first kappa shape index (κ1) is 28.5. The Morgan fingerprint density at radius 3 is 2.45 bits per heavy atom. The van der Waals surface area contributed by atoms with E-state index < -0.39 is 75.7 Å². The van der Waals surface area contributed by atoms with Gasteiger partial charge >= 0.3 is 7.82 Å². The van der Waals surface area contributed by atoms with E-state index in [-0.39, 0.29) is 28.7 Å². The number of aromatic nitrogens is 8. The lowest BCUT2D eigenvalue weighted by atomic mass is 10.1. The van der Waals surface area contributed by atoms with Gasteiger partial charge in [0.15, 0.2) is 29.3 Å². The molecule has 2 fully saturated rings. The van der Waals surface area contributed by atoms with E-state index in [0.717, 1.165) is 10.9 Å². The lowest BCUT2D eigenvalue weighted by Crippen LogP contribution is -2.36. The Morgan fingerprint density at radius 1 is 0.976 bits per heavy atom. The third-order valence-electron chi connectivity index (χ3n) is 6.82. The minimum Gasteiger partial charge on any atom is -0.394 e. The van der Waals surface area contributed by atoms with Gasteiger partial charge in [-0.25, -0.2) is 19.5 Å². The highest BCUT2D eigenvalue weighted by Crippen LogP contribution is 2.50. The zero-order chi connectivity index (χ0) is 29.9. The first-order valence-corrected chi connectivity index (χ1v) is 13.8. The molecule has 226 valence electrons. The smallest absolute Gasteiger partial charge is 0.394 e. The van der Waals surface area contributed by atoms with Crippen molar-refractivity contribution in [2.24, 2.45) is 0 Å². The maximum absolute atomic E-state index is 13.0. The number of hydrogen-bond acceptors (Lipinski definition) is 17. The van der Waals surface area contributed by atoms with Crippen LogP contribution >= 0.6 is 7.82 Å². The van der Waals surface area contributed by atoms with Gasteiger partial charge < -0.3 is 46.3 Å². The second kappa shape index (κ2) is 10.6. The second-order valence-corrected chi connectivity index (χ2v) is 10.9. The Labute approximate surface area is 232 Å². The van der Waals surface area contributed by atoms with E-state index in [4.69, 9.17) is 30.0 Å². The van der Waals surface area contributed by atoms with Gasteiger partial charge in [-0.1, -0.05) is 0 Å². The summed E-state index contributed by atoms with van der Waals surface area (Å²) in [4.78, 5) is 44.9. The molecule has 22 heteroatoms. The molecule has 6 rings (SSSR count). The van der Waals surface area contributed by atoms with Crippen LogP contribution in [0.4, 0.5) is 11.9 Å². The van der Waals surface area contributed by atoms with Gasteiger partial charge in [-0.05, 0) is 0 Å². The quantitative estimate of drug-likeness (QED) is 0.0894. The predicted octanol–water partition coefficient (Wildman–Crippen LogP) is -3.50. The van der Waals surface area contributed by atoms with E-state index in [1.807, 2.05) is 0 Å². The number of rotatable bonds is 8. The molecule has 4 aromatic heterocycles. The van der Waals surface area contributed by atoms with E-state index in [0.29, 0.717) is 5.52 Å². The number of anilines is 2. The van der Waals surface area contributed by atoms with Crippen molar-refractivity contribution < 1.29 is 48.4 Å². The van der Waals surface area contributed by atoms with Crippen LogP contribution in [0.15, 0.2) is 23.6 Å². The average molecular weight is 612 g/mol. The molecule has 0 bridgehead atoms. The van der Waals surface area contributed by atoms with Crippen molar-refractivity contribution in [1.82, 2.24) is 39.0 Å². The minimum absolute atomic E-state index is 0.0647. The van der Waals surface area contributed by atoms with Crippen LogP contribution in [0, 0.1) is 0 Å². The van der Waals surface area contributed by atoms with Gasteiger partial charge in [-0.15, -0.1) is 0 Å². The number of fused-ring (bicyclic) bond motifs is 2. The standard InChI is InChI=1S/C20H25N10O11P/c21-19-23-1-6-14(26-19)29(4-24-6)17-12(34)10(32)8(40-17)3-38-42(36,37)41-13-11(33)7(2-31)39-18(13)30-5-25-9-15(30)27-20(22)28-16(9)35/h1,4-5,7-8,10-13,17-18,31-34H,2-3H2,(H,36,37)(H2,21,23,26)(H3,22,27,28,35)/t7-,8-,10-,11-,12-,13-,17-,18-/m1/s1. The predicted molar refractivity (Wildman–Crippen MR) is 136 cm³/mol. The summed E-state index contributed by atoms with van der Waals surface area (Å²) in [5.74, 6) is -0.319. The number of nitrogens with zero attached hydrogens (tertiary/aromatic N) is 7. The van der Waals surface area contributed by atoms with Gasteiger partial charge in [0.25, 0.3) is 5.56 Å². The number of phosphoric acid groups is 1. The summed E-state index contributed by atoms with van der Waals surface area (Å²) in [5.41, 5.74) is 10.9. The zero-order valence-electron chi connectivity index (χ0n) is 21.2. The van der Waals surface area contributed by atoms with Crippen molar-refractivity contribution in [2.45, 2.75) is 49.1 Å². The first-order chi connectivity index (χ1) is 20.0. The third-order valence-corrected chi connectivity index (χ3v) is 7.81. The second-order valence-electron chi connectivity index (χ2n) is 9.48. The number of aromatic amines is 1. The number of aliphatic hydroxyl groups is 4. The zero-order valence-corrected chi connectivity index (χ0v) is 22.1. The van der Waals surface area contributed by atoms with E-state index in [1.165, 1.54) is 17.1 Å². The summed E-state index contributed by atoms with van der Waals surface area (Å²) in [5, 5.41) is 41.5. The maximum atomic E-state index is 13.0. The Morgan fingerprint density at radius 2 is 1.69 bits per heavy atom. The van der Waals surface area contributed by atoms with Crippen molar-refractivity contribution in [3.8, 4) is 0 Å². The van der Waals surface area contributed by atoms with Crippen molar-refractivity contribution >= 4 is 42.0 Å². The van der Waals surface area contributed by atoms with Crippen LogP contribution < -0.4 is 17.0 Å². The normalized spacial score (nSPS) is 31.3. The highest BCUT2D eigenvalue weighted by Gasteiger charge is 2.50. The van der Waals surface area contributed by atoms with E-state index in [1.54, 1.807) is 0 Å². The Kier molecular flexibility index (Phi) is 7.17. The van der Waals surface area contributed by atoms with Crippen LogP contribution in [0.25, 0.3) is 22.3 Å². The highest BCUT2D eigenvalue weighted by atomic mass is 31.2. The monoisotopic (exact) mass is 612 g/mol. The lowest BCUT2D eigenvalue weighted by molar-refractivity contribution is -0.0615. The summed E-state index contributed by atoms with van der Waals surface area (Å²) in [6, 6.07) is 0. The number of aliphatic hydroxyl groups excluding tert-OH is 4. The molecule has 42 heavy (non-hydrogen) atoms. The summed E-state index contributed by atoms with van der Waals surface area (Å²) in [6.45, 7) is -1.44. The van der Waals surface area contributed by atoms with Crippen molar-refractivity contribution in [3.63, 3.8) is 0 Å². The van der Waals surface area contributed by atoms with Crippen molar-refractivity contribution in [1.29, 1.82) is 0 Å². The molecule has 0 saturated carbocycles. The van der Waals surface area contributed by atoms with Gasteiger partial charge in [0, 0.05) is 0 Å². The summed E-state index contributed by atoms with van der Waals surface area (Å²) in [6.07, 6.45) is -7.86. The molecule has 0 amide bonds. The molecule has 4 aromatic rings. The number of nitrogens with two attached hydrogens (primary N) is 2. The number of phosphoric ester groups is 1. The molecule has 6 heterocycles. The van der Waals surface area contributed by atoms with Gasteiger partial charge in [0.05, 0.1) is 32.1 Å². The fourth-order valence-electron chi connectivity index (χ4n) is 4.81. The number of H-pyrrole nitrogens is 1. The molecule has 0 aliphatic carbocycles. The molecule has 2 aliphatic rings. The van der Waals surface area contributed by atoms with Crippen LogP contribution in [-0.2, 0) is 23.1 Å². The summed E-state index contributed by atoms with van der Waals surface area (Å²) < 4.78 is 37.0. The van der Waals surface area contributed by atoms with E-state index >= 15 is 0 Å². The van der Waals surface area contributed by atoms with Crippen LogP contribution in [0.3, 0.4) is 0 Å². The third kappa shape index (κ3) is 4.90. The van der Waals surface area contributed by atoms with Crippen molar-refractivity contribution in [3.05, 3.63) is 29.2 Å². The fourth-order valence-corrected chi connectivity index (χ4v) is 5.74. The molecular weight excluding hydrogens is 587 g/mol. The number of hydrogen-bond donors (Lipinski definition) is 8. The molecular formula is C20H25N10O11P. The minimum atomic E-state index is -5.06. The maximum Gasteiger partial charge on any atom is 0.472 e. The van der Waals surface area contributed by atoms with Crippen LogP contribution in [0.2, 0.25) is 0 Å². The van der Waals surface area contributed by atoms with Crippen LogP contribution in [0.5, 0.6) is 0 Å². The summed E-state index contributed by atoms with van der Waals surface area (Å²) >= 11 is 0. The van der Waals surface area contributed by atoms with E-state index in [9.17, 15) is 34.7 Å². The first-order valence-electron chi connectivity index (χ1n) is 12.3. The topological polar surface area (TPSA) is 314 Å². The summed E-state index contributed by atoms with van der Waals surface area (Å²) in [7, 11) is -5.06. The molecule has 0 radical (unpaired) electrons. The number of ether oxygens (including phenoxy) is 2. The number of imidazole rings is 2. The Balaban J connectivity index is 1.19. The van der Waals surface area contributed by atoms with E-state index in [2.05, 4.69) is 29.9 Å². The van der Waals surface area contributed by atoms with Crippen molar-refractivity contribution in [2.75, 3.05) is 24.7 Å². The molecule has 21 nitrogen and oxygen atoms in total. The van der Waals surface area contributed by atoms with Gasteiger partial charge in [-0.2, -0.15) is 9.97 Å². The van der Waals surface area contributed by atoms with Gasteiger partial charge in [0.1, 0.15) is 42.1 Å².